The van der Waals surface area contributed by atoms with Gasteiger partial charge >= 0.3 is 5.97 Å². The number of esters is 1. The average molecular weight is 493 g/mol. The van der Waals surface area contributed by atoms with Crippen LogP contribution in [0.25, 0.3) is 6.08 Å². The number of amides is 2. The van der Waals surface area contributed by atoms with E-state index < -0.39 is 17.8 Å². The number of ether oxygens (including phenoxy) is 2. The van der Waals surface area contributed by atoms with Gasteiger partial charge in [0.25, 0.3) is 11.8 Å². The van der Waals surface area contributed by atoms with Crippen LogP contribution in [0.15, 0.2) is 82.8 Å². The number of hydrogen-bond acceptors (Lipinski definition) is 5. The van der Waals surface area contributed by atoms with Gasteiger partial charge in [-0.05, 0) is 70.0 Å². The zero-order valence-electron chi connectivity index (χ0n) is 16.9. The van der Waals surface area contributed by atoms with E-state index in [9.17, 15) is 14.4 Å². The van der Waals surface area contributed by atoms with Gasteiger partial charge in [0.15, 0.2) is 0 Å². The monoisotopic (exact) mass is 492 g/mol. The number of carbonyl (C=O) groups excluding carboxylic acids is 3. The molecule has 1 aliphatic heterocycles. The molecule has 0 saturated carbocycles. The molecular formula is C24H17BrN2O5. The number of hydrogen-bond donors (Lipinski definition) is 1. The Morgan fingerprint density at radius 3 is 2.50 bits per heavy atom. The van der Waals surface area contributed by atoms with Crippen molar-refractivity contribution >= 4 is 45.5 Å². The summed E-state index contributed by atoms with van der Waals surface area (Å²) in [4.78, 5) is 37.5. The smallest absolute Gasteiger partial charge is 0.343 e. The lowest BCUT2D eigenvalue weighted by Gasteiger charge is -2.13. The van der Waals surface area contributed by atoms with E-state index in [-0.39, 0.29) is 5.57 Å². The Morgan fingerprint density at radius 2 is 1.78 bits per heavy atom. The molecule has 0 atom stereocenters. The second-order valence-electron chi connectivity index (χ2n) is 6.79. The highest BCUT2D eigenvalue weighted by Gasteiger charge is 2.34. The number of anilines is 1. The summed E-state index contributed by atoms with van der Waals surface area (Å²) < 4.78 is 11.1. The Balaban J connectivity index is 1.53. The highest BCUT2D eigenvalue weighted by Crippen LogP contribution is 2.29. The van der Waals surface area contributed by atoms with Crippen LogP contribution in [0.2, 0.25) is 0 Å². The average Bonchev–Trinajstić information content (AvgIpc) is 3.09. The van der Waals surface area contributed by atoms with Crippen molar-refractivity contribution in [1.82, 2.24) is 5.43 Å². The maximum absolute atomic E-state index is 12.7. The number of hydrazine groups is 1. The largest absolute Gasteiger partial charge is 0.497 e. The summed E-state index contributed by atoms with van der Waals surface area (Å²) in [6.07, 6.45) is 1.49. The van der Waals surface area contributed by atoms with Gasteiger partial charge in [0, 0.05) is 0 Å². The van der Waals surface area contributed by atoms with Crippen LogP contribution >= 0.6 is 15.9 Å². The zero-order valence-corrected chi connectivity index (χ0v) is 18.5. The first kappa shape index (κ1) is 21.3. The molecule has 0 spiro atoms. The number of rotatable bonds is 5. The molecule has 1 fully saturated rings. The molecule has 1 N–H and O–H groups in total. The van der Waals surface area contributed by atoms with Gasteiger partial charge in [-0.15, -0.1) is 0 Å². The first-order valence-electron chi connectivity index (χ1n) is 9.54. The minimum atomic E-state index is -0.542. The predicted octanol–water partition coefficient (Wildman–Crippen LogP) is 4.14. The van der Waals surface area contributed by atoms with Crippen LogP contribution in [0, 0.1) is 0 Å². The maximum Gasteiger partial charge on any atom is 0.343 e. The normalized spacial score (nSPS) is 14.4. The molecule has 1 aliphatic rings. The molecule has 0 aromatic heterocycles. The molecule has 0 bridgehead atoms. The third-order valence-electron chi connectivity index (χ3n) is 4.68. The molecule has 2 amide bonds. The van der Waals surface area contributed by atoms with E-state index in [0.717, 1.165) is 0 Å². The van der Waals surface area contributed by atoms with Gasteiger partial charge in [0.2, 0.25) is 0 Å². The number of nitrogens with one attached hydrogen (secondary N) is 1. The van der Waals surface area contributed by atoms with Crippen LogP contribution in [0.3, 0.4) is 0 Å². The van der Waals surface area contributed by atoms with E-state index >= 15 is 0 Å². The fourth-order valence-corrected chi connectivity index (χ4v) is 3.56. The van der Waals surface area contributed by atoms with Crippen LogP contribution in [0.1, 0.15) is 15.9 Å². The van der Waals surface area contributed by atoms with Gasteiger partial charge in [0.05, 0.1) is 22.8 Å². The first-order valence-corrected chi connectivity index (χ1v) is 10.3. The Labute approximate surface area is 192 Å². The number of benzene rings is 3. The summed E-state index contributed by atoms with van der Waals surface area (Å²) in [6.45, 7) is 0. The SMILES string of the molecule is COc1cccc(C(=O)Oc2ccc(/C=C3\C(=O)NN(c4ccccc4)C3=O)cc2Br)c1. The summed E-state index contributed by atoms with van der Waals surface area (Å²) in [7, 11) is 1.52. The molecule has 32 heavy (non-hydrogen) atoms. The molecule has 4 rings (SSSR count). The maximum atomic E-state index is 12.7. The molecule has 3 aromatic carbocycles. The van der Waals surface area contributed by atoms with Crippen molar-refractivity contribution in [2.75, 3.05) is 12.1 Å². The number of para-hydroxylation sites is 1. The van der Waals surface area contributed by atoms with E-state index in [1.165, 1.54) is 18.2 Å². The Bertz CT molecular complexity index is 1240. The van der Waals surface area contributed by atoms with Crippen LogP contribution in [0.5, 0.6) is 11.5 Å². The molecule has 8 heteroatoms. The topological polar surface area (TPSA) is 84.9 Å². The highest BCUT2D eigenvalue weighted by molar-refractivity contribution is 9.10. The van der Waals surface area contributed by atoms with Gasteiger partial charge in [-0.1, -0.05) is 30.3 Å². The van der Waals surface area contributed by atoms with Crippen LogP contribution in [0.4, 0.5) is 5.69 Å². The third kappa shape index (κ3) is 4.40. The number of carbonyl (C=O) groups is 3. The number of halogens is 1. The molecule has 0 aliphatic carbocycles. The molecule has 1 heterocycles. The Morgan fingerprint density at radius 1 is 1.00 bits per heavy atom. The fourth-order valence-electron chi connectivity index (χ4n) is 3.08. The van der Waals surface area contributed by atoms with Crippen molar-refractivity contribution < 1.29 is 23.9 Å². The third-order valence-corrected chi connectivity index (χ3v) is 5.30. The summed E-state index contributed by atoms with van der Waals surface area (Å²) >= 11 is 3.38. The van der Waals surface area contributed by atoms with E-state index in [4.69, 9.17) is 9.47 Å². The second-order valence-corrected chi connectivity index (χ2v) is 7.64. The number of nitrogens with zero attached hydrogens (tertiary/aromatic N) is 1. The van der Waals surface area contributed by atoms with Gasteiger partial charge in [-0.3, -0.25) is 15.0 Å². The van der Waals surface area contributed by atoms with Crippen molar-refractivity contribution in [3.63, 3.8) is 0 Å². The van der Waals surface area contributed by atoms with E-state index in [0.29, 0.717) is 32.8 Å². The second kappa shape index (κ2) is 9.07. The first-order chi connectivity index (χ1) is 15.5. The lowest BCUT2D eigenvalue weighted by Crippen LogP contribution is -2.35. The van der Waals surface area contributed by atoms with Crippen LogP contribution in [-0.4, -0.2) is 24.9 Å². The summed E-state index contributed by atoms with van der Waals surface area (Å²) in [5, 5.41) is 1.20. The minimum Gasteiger partial charge on any atom is -0.497 e. The lowest BCUT2D eigenvalue weighted by molar-refractivity contribution is -0.117. The van der Waals surface area contributed by atoms with E-state index in [2.05, 4.69) is 21.4 Å². The number of methoxy groups -OCH3 is 1. The van der Waals surface area contributed by atoms with Gasteiger partial charge in [-0.25, -0.2) is 9.80 Å². The molecule has 160 valence electrons. The Hall–Kier alpha value is -3.91. The molecule has 0 unspecified atom stereocenters. The van der Waals surface area contributed by atoms with Crippen LogP contribution < -0.4 is 19.9 Å². The standard InChI is InChI=1S/C24H17BrN2O5/c1-31-18-9-5-6-16(14-18)24(30)32-21-11-10-15(13-20(21)25)12-19-22(28)26-27(23(19)29)17-7-3-2-4-8-17/h2-14H,1H3,(H,26,28)/b19-12+. The zero-order chi connectivity index (χ0) is 22.7. The van der Waals surface area contributed by atoms with Crippen molar-refractivity contribution in [3.8, 4) is 11.5 Å². The molecule has 7 nitrogen and oxygen atoms in total. The summed E-state index contributed by atoms with van der Waals surface area (Å²) in [5.74, 6) is -0.647. The highest BCUT2D eigenvalue weighted by atomic mass is 79.9. The van der Waals surface area contributed by atoms with Crippen molar-refractivity contribution in [2.24, 2.45) is 0 Å². The van der Waals surface area contributed by atoms with Gasteiger partial charge < -0.3 is 9.47 Å². The van der Waals surface area contributed by atoms with Crippen molar-refractivity contribution in [1.29, 1.82) is 0 Å². The van der Waals surface area contributed by atoms with Gasteiger partial charge in [0.1, 0.15) is 17.1 Å². The molecule has 1 saturated heterocycles. The Kier molecular flexibility index (Phi) is 6.04. The van der Waals surface area contributed by atoms with E-state index in [1.54, 1.807) is 66.7 Å². The molecule has 0 radical (unpaired) electrons. The predicted molar refractivity (Wildman–Crippen MR) is 122 cm³/mol. The van der Waals surface area contributed by atoms with Crippen molar-refractivity contribution in [3.05, 3.63) is 94.0 Å². The summed E-state index contributed by atoms with van der Waals surface area (Å²) in [5.41, 5.74) is 4.06. The van der Waals surface area contributed by atoms with Crippen molar-refractivity contribution in [2.45, 2.75) is 0 Å². The molecule has 3 aromatic rings. The lowest BCUT2D eigenvalue weighted by atomic mass is 10.1. The quantitative estimate of drug-likeness (QED) is 0.250. The minimum absolute atomic E-state index is 0.00174. The van der Waals surface area contributed by atoms with E-state index in [1.807, 2.05) is 6.07 Å². The van der Waals surface area contributed by atoms with Gasteiger partial charge in [-0.2, -0.15) is 0 Å². The summed E-state index contributed by atoms with van der Waals surface area (Å²) in [6, 6.07) is 20.4. The van der Waals surface area contributed by atoms with Crippen LogP contribution in [-0.2, 0) is 9.59 Å². The fraction of sp³-hybridized carbons (Fsp3) is 0.0417. The molecular weight excluding hydrogens is 476 g/mol.